The van der Waals surface area contributed by atoms with Gasteiger partial charge in [-0.1, -0.05) is 30.3 Å². The van der Waals surface area contributed by atoms with Crippen molar-refractivity contribution in [3.63, 3.8) is 0 Å². The molecule has 0 aliphatic carbocycles. The first-order valence-corrected chi connectivity index (χ1v) is 9.82. The fraction of sp³-hybridized carbons (Fsp3) is 0.160. The second-order valence-corrected chi connectivity index (χ2v) is 7.05. The van der Waals surface area contributed by atoms with Gasteiger partial charge in [-0.25, -0.2) is 0 Å². The first-order chi connectivity index (χ1) is 14.7. The van der Waals surface area contributed by atoms with E-state index in [1.807, 2.05) is 42.6 Å². The third kappa shape index (κ3) is 4.01. The maximum absolute atomic E-state index is 12.7. The Kier molecular flexibility index (Phi) is 5.70. The Morgan fingerprint density at radius 1 is 0.900 bits per heavy atom. The Balaban J connectivity index is 1.62. The van der Waals surface area contributed by atoms with Gasteiger partial charge in [0.2, 0.25) is 0 Å². The van der Waals surface area contributed by atoms with Gasteiger partial charge in [-0.2, -0.15) is 0 Å². The van der Waals surface area contributed by atoms with Crippen LogP contribution in [0, 0.1) is 0 Å². The van der Waals surface area contributed by atoms with E-state index in [-0.39, 0.29) is 11.8 Å². The zero-order valence-electron chi connectivity index (χ0n) is 17.0. The van der Waals surface area contributed by atoms with E-state index in [0.29, 0.717) is 12.1 Å². The minimum atomic E-state index is -0.115. The van der Waals surface area contributed by atoms with Gasteiger partial charge in [0, 0.05) is 35.1 Å². The van der Waals surface area contributed by atoms with Crippen LogP contribution in [0.25, 0.3) is 10.9 Å². The molecule has 0 bridgehead atoms. The minimum Gasteiger partial charge on any atom is -0.497 e. The summed E-state index contributed by atoms with van der Waals surface area (Å²) in [5.41, 5.74) is 3.93. The van der Waals surface area contributed by atoms with Crippen LogP contribution in [-0.4, -0.2) is 31.7 Å². The fourth-order valence-electron chi connectivity index (χ4n) is 3.67. The molecule has 1 atom stereocenters. The largest absolute Gasteiger partial charge is 0.497 e. The first-order valence-electron chi connectivity index (χ1n) is 9.82. The lowest BCUT2D eigenvalue weighted by Crippen LogP contribution is -2.28. The maximum atomic E-state index is 12.7. The molecule has 0 radical (unpaired) electrons. The second kappa shape index (κ2) is 8.74. The average molecular weight is 400 g/mol. The van der Waals surface area contributed by atoms with Crippen LogP contribution in [0.2, 0.25) is 0 Å². The number of H-pyrrole nitrogens is 1. The highest BCUT2D eigenvalue weighted by molar-refractivity contribution is 5.94. The summed E-state index contributed by atoms with van der Waals surface area (Å²) in [4.78, 5) is 16.1. The van der Waals surface area contributed by atoms with Crippen LogP contribution < -0.4 is 14.8 Å². The number of methoxy groups -OCH3 is 2. The Morgan fingerprint density at radius 2 is 1.53 bits per heavy atom. The number of aromatic amines is 1. The van der Waals surface area contributed by atoms with Gasteiger partial charge in [-0.05, 0) is 53.6 Å². The van der Waals surface area contributed by atoms with Crippen LogP contribution in [0.15, 0.2) is 79.0 Å². The van der Waals surface area contributed by atoms with E-state index in [4.69, 9.17) is 9.47 Å². The molecule has 5 nitrogen and oxygen atoms in total. The summed E-state index contributed by atoms with van der Waals surface area (Å²) in [6.45, 7) is 0.471. The summed E-state index contributed by atoms with van der Waals surface area (Å²) in [5, 5.41) is 4.24. The number of carbonyl (C=O) groups excluding carboxylic acids is 1. The number of benzene rings is 3. The van der Waals surface area contributed by atoms with Gasteiger partial charge >= 0.3 is 0 Å². The number of amides is 1. The van der Waals surface area contributed by atoms with Crippen molar-refractivity contribution >= 4 is 16.8 Å². The Morgan fingerprint density at radius 3 is 2.20 bits per heavy atom. The highest BCUT2D eigenvalue weighted by Gasteiger charge is 2.19. The number of nitrogens with one attached hydrogen (secondary N) is 2. The molecule has 30 heavy (non-hydrogen) atoms. The number of fused-ring (bicyclic) bond motifs is 1. The lowest BCUT2D eigenvalue weighted by Gasteiger charge is -2.19. The van der Waals surface area contributed by atoms with Gasteiger partial charge in [0.15, 0.2) is 0 Å². The molecule has 0 aliphatic heterocycles. The third-order valence-electron chi connectivity index (χ3n) is 5.33. The molecule has 0 aliphatic rings. The SMILES string of the molecule is COc1ccc(C(=O)NC[C@@H](c2ccc(OC)cc2)c2c[nH]c3ccccc23)cc1. The Hall–Kier alpha value is -3.73. The Labute approximate surface area is 175 Å². The number of hydrogen-bond acceptors (Lipinski definition) is 3. The lowest BCUT2D eigenvalue weighted by molar-refractivity contribution is 0.0952. The smallest absolute Gasteiger partial charge is 0.251 e. The van der Waals surface area contributed by atoms with Gasteiger partial charge in [-0.3, -0.25) is 4.79 Å². The predicted octanol–water partition coefficient (Wildman–Crippen LogP) is 4.75. The van der Waals surface area contributed by atoms with Gasteiger partial charge in [-0.15, -0.1) is 0 Å². The predicted molar refractivity (Wildman–Crippen MR) is 118 cm³/mol. The number of carbonyl (C=O) groups is 1. The molecule has 2 N–H and O–H groups in total. The molecule has 0 spiro atoms. The van der Waals surface area contributed by atoms with Gasteiger partial charge < -0.3 is 19.8 Å². The van der Waals surface area contributed by atoms with Gasteiger partial charge in [0.05, 0.1) is 14.2 Å². The highest BCUT2D eigenvalue weighted by Crippen LogP contribution is 2.31. The topological polar surface area (TPSA) is 63.4 Å². The molecule has 1 aromatic heterocycles. The summed E-state index contributed by atoms with van der Waals surface area (Å²) in [6, 6.07) is 23.3. The van der Waals surface area contributed by atoms with E-state index in [9.17, 15) is 4.79 Å². The first kappa shape index (κ1) is 19.6. The number of aromatic nitrogens is 1. The summed E-state index contributed by atoms with van der Waals surface area (Å²) in [5.74, 6) is 1.41. The van der Waals surface area contributed by atoms with Crippen molar-refractivity contribution < 1.29 is 14.3 Å². The van der Waals surface area contributed by atoms with Gasteiger partial charge in [0.1, 0.15) is 11.5 Å². The zero-order chi connectivity index (χ0) is 20.9. The zero-order valence-corrected chi connectivity index (χ0v) is 17.0. The molecule has 1 amide bonds. The number of para-hydroxylation sites is 1. The van der Waals surface area contributed by atoms with Crippen LogP contribution in [0.5, 0.6) is 11.5 Å². The van der Waals surface area contributed by atoms with Crippen molar-refractivity contribution in [2.45, 2.75) is 5.92 Å². The van der Waals surface area contributed by atoms with Crippen LogP contribution in [0.3, 0.4) is 0 Å². The molecule has 0 fully saturated rings. The average Bonchev–Trinajstić information content (AvgIpc) is 3.23. The summed E-state index contributed by atoms with van der Waals surface area (Å²) >= 11 is 0. The minimum absolute atomic E-state index is 0.00532. The normalized spacial score (nSPS) is 11.8. The number of ether oxygens (including phenoxy) is 2. The summed E-state index contributed by atoms with van der Waals surface area (Å²) < 4.78 is 10.5. The lowest BCUT2D eigenvalue weighted by atomic mass is 9.90. The summed E-state index contributed by atoms with van der Waals surface area (Å²) in [7, 11) is 3.26. The molecule has 0 saturated heterocycles. The highest BCUT2D eigenvalue weighted by atomic mass is 16.5. The van der Waals surface area contributed by atoms with Crippen LogP contribution in [0.4, 0.5) is 0 Å². The molecule has 3 aromatic carbocycles. The van der Waals surface area contributed by atoms with Crippen molar-refractivity contribution in [1.29, 1.82) is 0 Å². The maximum Gasteiger partial charge on any atom is 0.251 e. The molecule has 4 aromatic rings. The van der Waals surface area contributed by atoms with E-state index in [2.05, 4.69) is 22.4 Å². The third-order valence-corrected chi connectivity index (χ3v) is 5.33. The van der Waals surface area contributed by atoms with E-state index < -0.39 is 0 Å². The van der Waals surface area contributed by atoms with E-state index in [1.54, 1.807) is 38.5 Å². The van der Waals surface area contributed by atoms with Crippen molar-refractivity contribution in [3.8, 4) is 11.5 Å². The fourth-order valence-corrected chi connectivity index (χ4v) is 3.67. The van der Waals surface area contributed by atoms with Crippen LogP contribution in [-0.2, 0) is 0 Å². The monoisotopic (exact) mass is 400 g/mol. The second-order valence-electron chi connectivity index (χ2n) is 7.05. The summed E-state index contributed by atoms with van der Waals surface area (Å²) in [6.07, 6.45) is 2.03. The molecule has 0 unspecified atom stereocenters. The number of hydrogen-bond donors (Lipinski definition) is 2. The molecule has 0 saturated carbocycles. The van der Waals surface area contributed by atoms with Crippen molar-refractivity contribution in [2.75, 3.05) is 20.8 Å². The Bertz CT molecular complexity index is 1130. The van der Waals surface area contributed by atoms with Crippen molar-refractivity contribution in [1.82, 2.24) is 10.3 Å². The number of rotatable bonds is 7. The van der Waals surface area contributed by atoms with Crippen LogP contribution in [0.1, 0.15) is 27.4 Å². The van der Waals surface area contributed by atoms with E-state index >= 15 is 0 Å². The molecular weight excluding hydrogens is 376 g/mol. The quantitative estimate of drug-likeness (QED) is 0.471. The standard InChI is InChI=1S/C25H24N2O3/c1-29-19-11-7-17(8-12-19)22(23-16-26-24-6-4-3-5-21(23)24)15-27-25(28)18-9-13-20(30-2)14-10-18/h3-14,16,22,26H,15H2,1-2H3,(H,27,28)/t22-/m0/s1. The molecule has 4 rings (SSSR count). The van der Waals surface area contributed by atoms with Crippen LogP contribution >= 0.6 is 0 Å². The van der Waals surface area contributed by atoms with E-state index in [1.165, 1.54) is 0 Å². The van der Waals surface area contributed by atoms with Crippen molar-refractivity contribution in [3.05, 3.63) is 95.7 Å². The molecular formula is C25H24N2O3. The molecule has 5 heteroatoms. The van der Waals surface area contributed by atoms with Crippen molar-refractivity contribution in [2.24, 2.45) is 0 Å². The molecule has 152 valence electrons. The van der Waals surface area contributed by atoms with Gasteiger partial charge in [0.25, 0.3) is 5.91 Å². The van der Waals surface area contributed by atoms with E-state index in [0.717, 1.165) is 33.5 Å². The molecule has 1 heterocycles.